The Balaban J connectivity index is 1.67. The Morgan fingerprint density at radius 2 is 1.97 bits per heavy atom. The average Bonchev–Trinajstić information content (AvgIpc) is 3.38. The van der Waals surface area contributed by atoms with Gasteiger partial charge in [0.1, 0.15) is 5.82 Å². The normalized spacial score (nSPS) is 15.2. The molecule has 2 amide bonds. The number of imidazole rings is 1. The van der Waals surface area contributed by atoms with E-state index in [2.05, 4.69) is 66.9 Å². The molecule has 0 bridgehead atoms. The summed E-state index contributed by atoms with van der Waals surface area (Å²) in [4.78, 5) is 35.2. The fourth-order valence-corrected chi connectivity index (χ4v) is 6.03. The van der Waals surface area contributed by atoms with Gasteiger partial charge in [0.05, 0.1) is 18.3 Å². The third-order valence-corrected chi connectivity index (χ3v) is 7.92. The van der Waals surface area contributed by atoms with Crippen molar-refractivity contribution in [3.05, 3.63) is 51.4 Å². The minimum atomic E-state index is 0.00776. The molecule has 3 heterocycles. The third-order valence-electron chi connectivity index (χ3n) is 6.81. The summed E-state index contributed by atoms with van der Waals surface area (Å²) in [6, 6.07) is 4.65. The predicted octanol–water partition coefficient (Wildman–Crippen LogP) is 4.91. The lowest BCUT2D eigenvalue weighted by atomic mass is 10.1. The van der Waals surface area contributed by atoms with Gasteiger partial charge in [-0.15, -0.1) is 11.3 Å². The van der Waals surface area contributed by atoms with Crippen LogP contribution in [0.25, 0.3) is 0 Å². The molecule has 1 aliphatic rings. The number of carbonyl (C=O) groups excluding carboxylic acids is 2. The summed E-state index contributed by atoms with van der Waals surface area (Å²) in [5, 5.41) is 3.14. The van der Waals surface area contributed by atoms with E-state index in [0.717, 1.165) is 56.8 Å². The molecule has 192 valence electrons. The topological polar surface area (TPSA) is 70.5 Å². The van der Waals surface area contributed by atoms with Crippen molar-refractivity contribution >= 4 is 23.2 Å². The minimum Gasteiger partial charge on any atom is -0.377 e. The summed E-state index contributed by atoms with van der Waals surface area (Å²) in [7, 11) is 0. The van der Waals surface area contributed by atoms with E-state index >= 15 is 0 Å². The summed E-state index contributed by atoms with van der Waals surface area (Å²) in [6.45, 7) is 14.9. The highest BCUT2D eigenvalue weighted by Gasteiger charge is 2.27. The Kier molecular flexibility index (Phi) is 9.55. The monoisotopic (exact) mass is 499 g/mol. The van der Waals surface area contributed by atoms with Gasteiger partial charge >= 0.3 is 0 Å². The first kappa shape index (κ1) is 27.0. The molecule has 2 aromatic rings. The number of aryl methyl sites for hydroxylation is 2. The lowest BCUT2D eigenvalue weighted by Crippen LogP contribution is -2.35. The average molecular weight is 500 g/mol. The summed E-state index contributed by atoms with van der Waals surface area (Å²) < 4.78 is 2.43. The molecule has 2 aromatic heterocycles. The van der Waals surface area contributed by atoms with Gasteiger partial charge in [0.25, 0.3) is 0 Å². The van der Waals surface area contributed by atoms with E-state index in [4.69, 9.17) is 4.98 Å². The predicted molar refractivity (Wildman–Crippen MR) is 142 cm³/mol. The van der Waals surface area contributed by atoms with Crippen LogP contribution in [0, 0.1) is 13.8 Å². The number of hydrogen-bond acceptors (Lipinski definition) is 5. The first-order valence-corrected chi connectivity index (χ1v) is 13.6. The number of nitrogens with one attached hydrogen (secondary N) is 1. The van der Waals surface area contributed by atoms with Crippen LogP contribution >= 0.6 is 11.3 Å². The summed E-state index contributed by atoms with van der Waals surface area (Å²) in [5.41, 5.74) is 2.35. The lowest BCUT2D eigenvalue weighted by Gasteiger charge is -2.30. The van der Waals surface area contributed by atoms with Crippen molar-refractivity contribution in [1.82, 2.24) is 24.7 Å². The Morgan fingerprint density at radius 3 is 2.57 bits per heavy atom. The zero-order chi connectivity index (χ0) is 25.5. The van der Waals surface area contributed by atoms with Gasteiger partial charge in [-0.25, -0.2) is 4.98 Å². The highest BCUT2D eigenvalue weighted by atomic mass is 32.1. The van der Waals surface area contributed by atoms with Gasteiger partial charge in [-0.3, -0.25) is 9.59 Å². The second-order valence-corrected chi connectivity index (χ2v) is 10.8. The van der Waals surface area contributed by atoms with Crippen LogP contribution in [0.4, 0.5) is 0 Å². The van der Waals surface area contributed by atoms with Crippen molar-refractivity contribution in [3.8, 4) is 0 Å². The van der Waals surface area contributed by atoms with E-state index in [1.165, 1.54) is 15.4 Å². The van der Waals surface area contributed by atoms with Crippen molar-refractivity contribution in [2.75, 3.05) is 19.6 Å². The summed E-state index contributed by atoms with van der Waals surface area (Å²) >= 11 is 1.75. The van der Waals surface area contributed by atoms with Gasteiger partial charge in [-0.1, -0.05) is 13.0 Å². The van der Waals surface area contributed by atoms with Crippen LogP contribution in [0.1, 0.15) is 86.0 Å². The lowest BCUT2D eigenvalue weighted by molar-refractivity contribution is -0.129. The fraction of sp³-hybridized carbons (Fsp3) is 0.593. The Labute approximate surface area is 214 Å². The molecule has 2 atom stereocenters. The van der Waals surface area contributed by atoms with Crippen molar-refractivity contribution in [1.29, 1.82) is 0 Å². The van der Waals surface area contributed by atoms with E-state index < -0.39 is 0 Å². The van der Waals surface area contributed by atoms with E-state index in [1.54, 1.807) is 25.2 Å². The van der Waals surface area contributed by atoms with Crippen molar-refractivity contribution in [3.63, 3.8) is 0 Å². The van der Waals surface area contributed by atoms with Crippen molar-refractivity contribution in [2.24, 2.45) is 0 Å². The number of fused-ring (bicyclic) bond motifs is 1. The molecule has 1 N–H and O–H groups in total. The molecule has 0 radical (unpaired) electrons. The van der Waals surface area contributed by atoms with E-state index in [0.29, 0.717) is 12.6 Å². The van der Waals surface area contributed by atoms with Crippen LogP contribution in [0.5, 0.6) is 0 Å². The summed E-state index contributed by atoms with van der Waals surface area (Å²) in [5.74, 6) is 1.17. The maximum absolute atomic E-state index is 11.8. The molecular weight excluding hydrogens is 458 g/mol. The zero-order valence-corrected chi connectivity index (χ0v) is 23.0. The maximum Gasteiger partial charge on any atom is 0.219 e. The van der Waals surface area contributed by atoms with Crippen LogP contribution in [-0.2, 0) is 22.6 Å². The number of rotatable bonds is 11. The SMILES string of the molecule is C/C=C/N(CCC(CC)n1c(C)nc2c1CCN(C(C)=O)C2)CC[C@H](NC(C)=O)c1ccc(C)s1. The fourth-order valence-electron chi connectivity index (χ4n) is 5.06. The molecule has 0 aromatic carbocycles. The van der Waals surface area contributed by atoms with Crippen molar-refractivity contribution in [2.45, 2.75) is 85.9 Å². The molecule has 3 rings (SSSR count). The van der Waals surface area contributed by atoms with E-state index in [9.17, 15) is 9.59 Å². The third kappa shape index (κ3) is 6.97. The van der Waals surface area contributed by atoms with Gasteiger partial charge in [0.2, 0.25) is 11.8 Å². The summed E-state index contributed by atoms with van der Waals surface area (Å²) in [6.07, 6.45) is 8.03. The maximum atomic E-state index is 11.8. The molecule has 0 saturated heterocycles. The molecule has 0 spiro atoms. The number of allylic oxidation sites excluding steroid dienone is 1. The quantitative estimate of drug-likeness (QED) is 0.477. The van der Waals surface area contributed by atoms with Crippen LogP contribution in [0.2, 0.25) is 0 Å². The molecule has 7 nitrogen and oxygen atoms in total. The number of amides is 2. The molecule has 8 heteroatoms. The molecular formula is C27H41N5O2S. The standard InChI is InChI=1S/C27H41N5O2S/c1-7-14-30(16-12-24(29-21(5)33)27-10-9-19(3)35-27)15-11-23(8-2)32-20(4)28-25-18-31(22(6)34)17-13-26(25)32/h7,9-10,14,23-24H,8,11-13,15-18H2,1-6H3,(H,29,33)/b14-7+/t23?,24-/m0/s1. The highest BCUT2D eigenvalue weighted by Crippen LogP contribution is 2.29. The number of aromatic nitrogens is 2. The second kappa shape index (κ2) is 12.4. The van der Waals surface area contributed by atoms with Crippen LogP contribution in [-0.4, -0.2) is 50.8 Å². The van der Waals surface area contributed by atoms with Gasteiger partial charge in [-0.2, -0.15) is 0 Å². The van der Waals surface area contributed by atoms with Crippen molar-refractivity contribution < 1.29 is 9.59 Å². The largest absolute Gasteiger partial charge is 0.377 e. The van der Waals surface area contributed by atoms with E-state index in [-0.39, 0.29) is 17.9 Å². The van der Waals surface area contributed by atoms with Gasteiger partial charge < -0.3 is 19.7 Å². The number of thiophene rings is 1. The zero-order valence-electron chi connectivity index (χ0n) is 22.1. The second-order valence-electron chi connectivity index (χ2n) is 9.47. The molecule has 0 saturated carbocycles. The molecule has 1 aliphatic heterocycles. The van der Waals surface area contributed by atoms with Crippen LogP contribution in [0.15, 0.2) is 24.4 Å². The van der Waals surface area contributed by atoms with Gasteiger partial charge in [0, 0.05) is 61.4 Å². The van der Waals surface area contributed by atoms with Gasteiger partial charge in [-0.05, 0) is 58.4 Å². The first-order chi connectivity index (χ1) is 16.7. The Hall–Kier alpha value is -2.61. The number of hydrogen-bond donors (Lipinski definition) is 1. The number of nitrogens with zero attached hydrogens (tertiary/aromatic N) is 4. The Bertz CT molecular complexity index is 1040. The van der Waals surface area contributed by atoms with Crippen LogP contribution < -0.4 is 5.32 Å². The molecule has 35 heavy (non-hydrogen) atoms. The molecule has 0 aliphatic carbocycles. The molecule has 0 fully saturated rings. The highest BCUT2D eigenvalue weighted by molar-refractivity contribution is 7.12. The number of carbonyl (C=O) groups is 2. The van der Waals surface area contributed by atoms with Crippen LogP contribution in [0.3, 0.4) is 0 Å². The Morgan fingerprint density at radius 1 is 1.23 bits per heavy atom. The first-order valence-electron chi connectivity index (χ1n) is 12.8. The smallest absolute Gasteiger partial charge is 0.219 e. The van der Waals surface area contributed by atoms with E-state index in [1.807, 2.05) is 4.90 Å². The van der Waals surface area contributed by atoms with Gasteiger partial charge in [0.15, 0.2) is 0 Å². The molecule has 1 unspecified atom stereocenters. The minimum absolute atomic E-state index is 0.00776.